The highest BCUT2D eigenvalue weighted by atomic mass is 19.1. The number of benzene rings is 2. The Morgan fingerprint density at radius 1 is 1.09 bits per heavy atom. The molecule has 2 amide bonds. The van der Waals surface area contributed by atoms with Crippen molar-refractivity contribution < 1.29 is 18.7 Å². The Labute approximate surface area is 188 Å². The zero-order chi connectivity index (χ0) is 23.3. The minimum Gasteiger partial charge on any atom is -0.489 e. The monoisotopic (exact) mass is 445 g/mol. The summed E-state index contributed by atoms with van der Waals surface area (Å²) in [6.07, 6.45) is 4.81. The van der Waals surface area contributed by atoms with Crippen molar-refractivity contribution in [3.05, 3.63) is 78.1 Å². The molecule has 0 aliphatic carbocycles. The first-order valence-electron chi connectivity index (χ1n) is 10.2. The van der Waals surface area contributed by atoms with Gasteiger partial charge in [-0.25, -0.2) is 14.4 Å². The van der Waals surface area contributed by atoms with E-state index in [9.17, 15) is 14.0 Å². The van der Waals surface area contributed by atoms with Crippen LogP contribution in [0.1, 0.15) is 34.7 Å². The first-order chi connectivity index (χ1) is 15.7. The number of primary amides is 1. The van der Waals surface area contributed by atoms with Gasteiger partial charge in [-0.15, -0.1) is 0 Å². The number of fused-ring (bicyclic) bond motifs is 2. The molecular formula is C24H20FN5O3. The van der Waals surface area contributed by atoms with E-state index in [4.69, 9.17) is 10.5 Å². The smallest absolute Gasteiger partial charge is 0.279 e. The van der Waals surface area contributed by atoms with Crippen LogP contribution in [-0.2, 0) is 0 Å². The number of anilines is 1. The lowest BCUT2D eigenvalue weighted by Crippen LogP contribution is -2.54. The van der Waals surface area contributed by atoms with Crippen molar-refractivity contribution in [2.24, 2.45) is 5.73 Å². The van der Waals surface area contributed by atoms with Crippen LogP contribution in [0.2, 0.25) is 0 Å². The third-order valence-corrected chi connectivity index (χ3v) is 5.63. The summed E-state index contributed by atoms with van der Waals surface area (Å²) in [5.74, 6) is -0.987. The van der Waals surface area contributed by atoms with Gasteiger partial charge in [0.2, 0.25) is 5.91 Å². The van der Waals surface area contributed by atoms with Gasteiger partial charge in [-0.05, 0) is 38.1 Å². The maximum Gasteiger partial charge on any atom is 0.279 e. The number of halogens is 1. The van der Waals surface area contributed by atoms with Crippen LogP contribution in [0.4, 0.5) is 10.1 Å². The van der Waals surface area contributed by atoms with Crippen molar-refractivity contribution in [1.82, 2.24) is 14.4 Å². The largest absolute Gasteiger partial charge is 0.489 e. The second-order valence-corrected chi connectivity index (χ2v) is 8.44. The van der Waals surface area contributed by atoms with Crippen molar-refractivity contribution in [3.8, 4) is 17.0 Å². The minimum absolute atomic E-state index is 0.195. The number of carbonyl (C=O) groups excluding carboxylic acids is 2. The number of hydrogen-bond donors (Lipinski definition) is 1. The Bertz CT molecular complexity index is 1410. The molecule has 5 rings (SSSR count). The molecular weight excluding hydrogens is 425 g/mol. The number of carbonyl (C=O) groups is 2. The highest BCUT2D eigenvalue weighted by Crippen LogP contribution is 2.39. The molecule has 166 valence electrons. The van der Waals surface area contributed by atoms with Gasteiger partial charge in [0.25, 0.3) is 5.91 Å². The molecule has 3 heterocycles. The van der Waals surface area contributed by atoms with Gasteiger partial charge in [0.15, 0.2) is 5.65 Å². The summed E-state index contributed by atoms with van der Waals surface area (Å²) in [4.78, 5) is 35.3. The van der Waals surface area contributed by atoms with Gasteiger partial charge < -0.3 is 10.5 Å². The van der Waals surface area contributed by atoms with E-state index in [0.717, 1.165) is 11.3 Å². The topological polar surface area (TPSA) is 103 Å². The fourth-order valence-corrected chi connectivity index (χ4v) is 3.95. The number of nitrogens with two attached hydrogens (primary N) is 1. The Balaban J connectivity index is 1.57. The van der Waals surface area contributed by atoms with Crippen molar-refractivity contribution in [1.29, 1.82) is 0 Å². The molecule has 0 saturated heterocycles. The molecule has 0 radical (unpaired) electrons. The average Bonchev–Trinajstić information content (AvgIpc) is 3.22. The number of nitrogens with zero attached hydrogens (tertiary/aromatic N) is 4. The normalized spacial score (nSPS) is 14.6. The quantitative estimate of drug-likeness (QED) is 0.520. The molecule has 9 heteroatoms. The van der Waals surface area contributed by atoms with E-state index in [2.05, 4.69) is 9.97 Å². The summed E-state index contributed by atoms with van der Waals surface area (Å²) >= 11 is 0. The lowest BCUT2D eigenvalue weighted by atomic mass is 9.99. The minimum atomic E-state index is -0.680. The summed E-state index contributed by atoms with van der Waals surface area (Å²) in [5.41, 5.74) is 7.80. The van der Waals surface area contributed by atoms with Crippen LogP contribution in [0.25, 0.3) is 16.9 Å². The Kier molecular flexibility index (Phi) is 4.63. The molecule has 8 nitrogen and oxygen atoms in total. The molecule has 0 spiro atoms. The van der Waals surface area contributed by atoms with Gasteiger partial charge >= 0.3 is 0 Å². The van der Waals surface area contributed by atoms with Crippen LogP contribution in [0, 0.1) is 5.82 Å². The van der Waals surface area contributed by atoms with Gasteiger partial charge in [0.1, 0.15) is 23.9 Å². The van der Waals surface area contributed by atoms with Crippen LogP contribution in [0.5, 0.6) is 5.75 Å². The highest BCUT2D eigenvalue weighted by Gasteiger charge is 2.39. The Morgan fingerprint density at radius 2 is 1.85 bits per heavy atom. The number of rotatable bonds is 3. The van der Waals surface area contributed by atoms with Gasteiger partial charge in [-0.2, -0.15) is 0 Å². The molecule has 0 unspecified atom stereocenters. The third kappa shape index (κ3) is 3.47. The predicted octanol–water partition coefficient (Wildman–Crippen LogP) is 3.45. The van der Waals surface area contributed by atoms with E-state index >= 15 is 0 Å². The van der Waals surface area contributed by atoms with E-state index in [-0.39, 0.29) is 18.2 Å². The molecule has 0 bridgehead atoms. The Morgan fingerprint density at radius 3 is 2.58 bits per heavy atom. The predicted molar refractivity (Wildman–Crippen MR) is 120 cm³/mol. The first-order valence-corrected chi connectivity index (χ1v) is 10.2. The molecule has 2 N–H and O–H groups in total. The average molecular weight is 445 g/mol. The maximum atomic E-state index is 13.7. The third-order valence-electron chi connectivity index (χ3n) is 5.63. The number of aromatic nitrogens is 3. The fourth-order valence-electron chi connectivity index (χ4n) is 3.95. The number of ether oxygens (including phenoxy) is 1. The van der Waals surface area contributed by atoms with E-state index in [0.29, 0.717) is 22.6 Å². The van der Waals surface area contributed by atoms with Gasteiger partial charge in [-0.1, -0.05) is 12.1 Å². The SMILES string of the molecule is CC1(C)COc2cc(F)ccc2N1C(=O)c1cn2c(-c3ccc(C(N)=O)cc3)cnc2cn1. The molecule has 0 fully saturated rings. The van der Waals surface area contributed by atoms with Crippen LogP contribution < -0.4 is 15.4 Å². The summed E-state index contributed by atoms with van der Waals surface area (Å²) in [7, 11) is 0. The van der Waals surface area contributed by atoms with Crippen LogP contribution in [0.3, 0.4) is 0 Å². The molecule has 0 saturated carbocycles. The van der Waals surface area contributed by atoms with Gasteiger partial charge in [-0.3, -0.25) is 18.9 Å². The van der Waals surface area contributed by atoms with Crippen molar-refractivity contribution in [2.75, 3.05) is 11.5 Å². The zero-order valence-electron chi connectivity index (χ0n) is 17.9. The number of hydrogen-bond acceptors (Lipinski definition) is 5. The summed E-state index contributed by atoms with van der Waals surface area (Å²) in [6, 6.07) is 10.9. The van der Waals surface area contributed by atoms with Crippen molar-refractivity contribution in [3.63, 3.8) is 0 Å². The molecule has 2 aromatic heterocycles. The standard InChI is InChI=1S/C24H20FN5O3/c1-24(2)13-33-20-9-16(25)7-8-18(20)30(24)23(32)17-12-29-19(10-28-21(29)11-27-17)14-3-5-15(6-4-14)22(26)31/h3-12H,13H2,1-2H3,(H2,26,31). The van der Waals surface area contributed by atoms with Gasteiger partial charge in [0, 0.05) is 23.4 Å². The maximum absolute atomic E-state index is 13.7. The lowest BCUT2D eigenvalue weighted by Gasteiger charge is -2.42. The molecule has 4 aromatic rings. The molecule has 2 aromatic carbocycles. The molecule has 1 aliphatic heterocycles. The van der Waals surface area contributed by atoms with Crippen LogP contribution in [0.15, 0.2) is 61.1 Å². The molecule has 0 atom stereocenters. The first kappa shape index (κ1) is 20.6. The second kappa shape index (κ2) is 7.40. The van der Waals surface area contributed by atoms with Crippen LogP contribution >= 0.6 is 0 Å². The summed E-state index contributed by atoms with van der Waals surface area (Å²) in [5, 5.41) is 0. The number of imidazole rings is 1. The van der Waals surface area contributed by atoms with Crippen molar-refractivity contribution >= 4 is 23.1 Å². The summed E-state index contributed by atoms with van der Waals surface area (Å²) in [6.45, 7) is 3.96. The fraction of sp³-hybridized carbons (Fsp3) is 0.167. The molecule has 33 heavy (non-hydrogen) atoms. The summed E-state index contributed by atoms with van der Waals surface area (Å²) < 4.78 is 21.2. The molecule has 1 aliphatic rings. The lowest BCUT2D eigenvalue weighted by molar-refractivity contribution is 0.0919. The highest BCUT2D eigenvalue weighted by molar-refractivity contribution is 6.07. The van der Waals surface area contributed by atoms with Gasteiger partial charge in [0.05, 0.1) is 29.3 Å². The van der Waals surface area contributed by atoms with E-state index in [1.165, 1.54) is 24.4 Å². The van der Waals surface area contributed by atoms with E-state index in [1.54, 1.807) is 46.0 Å². The Hall–Kier alpha value is -4.27. The zero-order valence-corrected chi connectivity index (χ0v) is 17.9. The van der Waals surface area contributed by atoms with Crippen LogP contribution in [-0.4, -0.2) is 38.3 Å². The van der Waals surface area contributed by atoms with Crippen molar-refractivity contribution in [2.45, 2.75) is 19.4 Å². The van der Waals surface area contributed by atoms with E-state index < -0.39 is 17.3 Å². The number of amides is 2. The second-order valence-electron chi connectivity index (χ2n) is 8.44. The van der Waals surface area contributed by atoms with E-state index in [1.807, 2.05) is 13.8 Å².